The van der Waals surface area contributed by atoms with E-state index in [0.29, 0.717) is 0 Å². The Balaban J connectivity index is 1.16. The van der Waals surface area contributed by atoms with E-state index >= 15 is 0 Å². The SMILES string of the molecule is c1ccc2c(c1)cc(-c1cccc3c1sc1c3c3ccccc3c3c1c1c4ccccc4ccc1n3-c1ccc(-c3cn4ccccc4n3)cc1)c1ccccc12. The van der Waals surface area contributed by atoms with E-state index in [9.17, 15) is 0 Å². The van der Waals surface area contributed by atoms with Crippen LogP contribution < -0.4 is 0 Å². The van der Waals surface area contributed by atoms with Crippen LogP contribution in [0.3, 0.4) is 0 Å². The summed E-state index contributed by atoms with van der Waals surface area (Å²) in [6.07, 6.45) is 4.16. The molecule has 0 aliphatic carbocycles. The normalized spacial score (nSPS) is 12.2. The maximum Gasteiger partial charge on any atom is 0.137 e. The molecule has 0 spiro atoms. The first-order valence-electron chi connectivity index (χ1n) is 19.5. The topological polar surface area (TPSA) is 22.2 Å². The van der Waals surface area contributed by atoms with E-state index in [1.54, 1.807) is 0 Å². The summed E-state index contributed by atoms with van der Waals surface area (Å²) < 4.78 is 7.24. The Kier molecular flexibility index (Phi) is 6.32. The average molecular weight is 742 g/mol. The van der Waals surface area contributed by atoms with Gasteiger partial charge in [-0.25, -0.2) is 4.98 Å². The molecule has 4 aromatic heterocycles. The Morgan fingerprint density at radius 3 is 1.98 bits per heavy atom. The third-order valence-electron chi connectivity index (χ3n) is 12.1. The summed E-state index contributed by atoms with van der Waals surface area (Å²) in [6, 6.07) is 64.6. The van der Waals surface area contributed by atoms with Crippen molar-refractivity contribution < 1.29 is 0 Å². The van der Waals surface area contributed by atoms with E-state index < -0.39 is 0 Å². The minimum absolute atomic E-state index is 0.946. The molecule has 0 saturated heterocycles. The maximum atomic E-state index is 4.92. The molecule has 0 amide bonds. The molecule has 0 aliphatic rings. The van der Waals surface area contributed by atoms with Crippen LogP contribution in [0.5, 0.6) is 0 Å². The first-order valence-corrected chi connectivity index (χ1v) is 20.3. The molecule has 4 heterocycles. The highest BCUT2D eigenvalue weighted by Gasteiger charge is 2.24. The van der Waals surface area contributed by atoms with Gasteiger partial charge in [0.25, 0.3) is 0 Å². The van der Waals surface area contributed by atoms with Gasteiger partial charge >= 0.3 is 0 Å². The Hall–Kier alpha value is -7.27. The lowest BCUT2D eigenvalue weighted by Gasteiger charge is -2.12. The molecule has 0 atom stereocenters. The van der Waals surface area contributed by atoms with Gasteiger partial charge in [0.15, 0.2) is 0 Å². The molecule has 13 rings (SSSR count). The van der Waals surface area contributed by atoms with Crippen molar-refractivity contribution in [2.45, 2.75) is 0 Å². The third kappa shape index (κ3) is 4.33. The number of benzene rings is 9. The molecule has 0 fully saturated rings. The average Bonchev–Trinajstić information content (AvgIpc) is 3.99. The smallest absolute Gasteiger partial charge is 0.137 e. The van der Waals surface area contributed by atoms with Crippen molar-refractivity contribution in [2.24, 2.45) is 0 Å². The maximum absolute atomic E-state index is 4.92. The van der Waals surface area contributed by atoms with Crippen LogP contribution in [0.2, 0.25) is 0 Å². The number of imidazole rings is 1. The van der Waals surface area contributed by atoms with Crippen LogP contribution >= 0.6 is 11.3 Å². The van der Waals surface area contributed by atoms with E-state index in [-0.39, 0.29) is 0 Å². The Morgan fingerprint density at radius 1 is 0.439 bits per heavy atom. The Morgan fingerprint density at radius 2 is 1.14 bits per heavy atom. The van der Waals surface area contributed by atoms with Gasteiger partial charge in [0, 0.05) is 65.5 Å². The largest absolute Gasteiger partial charge is 0.309 e. The van der Waals surface area contributed by atoms with Crippen LogP contribution in [-0.2, 0) is 0 Å². The zero-order valence-corrected chi connectivity index (χ0v) is 31.5. The van der Waals surface area contributed by atoms with E-state index in [1.807, 2.05) is 29.5 Å². The molecule has 264 valence electrons. The summed E-state index contributed by atoms with van der Waals surface area (Å²) in [4.78, 5) is 4.92. The van der Waals surface area contributed by atoms with Crippen molar-refractivity contribution in [3.63, 3.8) is 0 Å². The van der Waals surface area contributed by atoms with Crippen molar-refractivity contribution in [1.29, 1.82) is 0 Å². The van der Waals surface area contributed by atoms with Crippen LogP contribution in [-0.4, -0.2) is 14.0 Å². The molecule has 0 radical (unpaired) electrons. The standard InChI is InChI=1S/C53H31N3S/c1-4-15-37-32(12-1)25-28-46-49(37)50-51(56(46)35-26-23-33(24-27-35)45-31-55-29-10-9-22-47(55)54-45)41-19-8-7-18-40(41)48-43-21-11-20-42(52(43)57-53(48)50)44-30-34-13-2-3-14-36(34)38-16-5-6-17-39(38)44/h1-31H. The second-order valence-corrected chi connectivity index (χ2v) is 16.1. The van der Waals surface area contributed by atoms with Gasteiger partial charge in [0.05, 0.1) is 16.7 Å². The zero-order valence-electron chi connectivity index (χ0n) is 30.6. The van der Waals surface area contributed by atoms with Crippen LogP contribution in [0.15, 0.2) is 188 Å². The lowest BCUT2D eigenvalue weighted by molar-refractivity contribution is 1.19. The van der Waals surface area contributed by atoms with E-state index in [0.717, 1.165) is 22.6 Å². The minimum atomic E-state index is 0.946. The predicted octanol–water partition coefficient (Wildman–Crippen LogP) is 14.7. The van der Waals surface area contributed by atoms with Gasteiger partial charge in [-0.3, -0.25) is 0 Å². The molecule has 0 aliphatic heterocycles. The van der Waals surface area contributed by atoms with E-state index in [1.165, 1.54) is 96.2 Å². The van der Waals surface area contributed by atoms with Crippen molar-refractivity contribution in [3.8, 4) is 28.1 Å². The second-order valence-electron chi connectivity index (χ2n) is 15.1. The van der Waals surface area contributed by atoms with Crippen LogP contribution in [0.4, 0.5) is 0 Å². The third-order valence-corrected chi connectivity index (χ3v) is 13.4. The van der Waals surface area contributed by atoms with Gasteiger partial charge in [-0.05, 0) is 79.7 Å². The van der Waals surface area contributed by atoms with Gasteiger partial charge in [0.1, 0.15) is 5.65 Å². The quantitative estimate of drug-likeness (QED) is 0.165. The van der Waals surface area contributed by atoms with Crippen molar-refractivity contribution in [2.75, 3.05) is 0 Å². The molecule has 13 aromatic rings. The first-order chi connectivity index (χ1) is 28.3. The van der Waals surface area contributed by atoms with Crippen LogP contribution in [0, 0.1) is 0 Å². The van der Waals surface area contributed by atoms with Crippen molar-refractivity contribution in [1.82, 2.24) is 14.0 Å². The summed E-state index contributed by atoms with van der Waals surface area (Å²) in [5, 5.41) is 15.4. The van der Waals surface area contributed by atoms with Gasteiger partial charge in [-0.2, -0.15) is 0 Å². The molecule has 0 saturated carbocycles. The number of aromatic nitrogens is 3. The first kappa shape index (κ1) is 31.0. The Bertz CT molecular complexity index is 3770. The molecular formula is C53H31N3S. The number of fused-ring (bicyclic) bond motifs is 16. The van der Waals surface area contributed by atoms with E-state index in [2.05, 4.69) is 179 Å². The summed E-state index contributed by atoms with van der Waals surface area (Å²) >= 11 is 1.95. The molecule has 57 heavy (non-hydrogen) atoms. The minimum Gasteiger partial charge on any atom is -0.309 e. The second kappa shape index (κ2) is 11.6. The number of hydrogen-bond acceptors (Lipinski definition) is 2. The molecule has 3 nitrogen and oxygen atoms in total. The molecule has 0 bridgehead atoms. The van der Waals surface area contributed by atoms with E-state index in [4.69, 9.17) is 4.98 Å². The highest BCUT2D eigenvalue weighted by molar-refractivity contribution is 7.27. The summed E-state index contributed by atoms with van der Waals surface area (Å²) in [5.74, 6) is 0. The molecular weight excluding hydrogens is 711 g/mol. The molecule has 0 unspecified atom stereocenters. The van der Waals surface area contributed by atoms with Gasteiger partial charge < -0.3 is 8.97 Å². The molecule has 9 aromatic carbocycles. The van der Waals surface area contributed by atoms with Gasteiger partial charge in [0.2, 0.25) is 0 Å². The number of pyridine rings is 1. The zero-order chi connectivity index (χ0) is 37.2. The Labute approximate surface area is 330 Å². The van der Waals surface area contributed by atoms with Gasteiger partial charge in [-0.1, -0.05) is 140 Å². The highest BCUT2D eigenvalue weighted by atomic mass is 32.1. The van der Waals surface area contributed by atoms with Crippen molar-refractivity contribution in [3.05, 3.63) is 188 Å². The fraction of sp³-hybridized carbons (Fsp3) is 0. The molecule has 0 N–H and O–H groups in total. The lowest BCUT2D eigenvalue weighted by Crippen LogP contribution is -1.95. The number of rotatable bonds is 3. The number of nitrogens with zero attached hydrogens (tertiary/aromatic N) is 3. The number of thiophene rings is 1. The lowest BCUT2D eigenvalue weighted by atomic mass is 9.92. The summed E-state index contributed by atoms with van der Waals surface area (Å²) in [7, 11) is 0. The summed E-state index contributed by atoms with van der Waals surface area (Å²) in [5.41, 5.74) is 9.15. The fourth-order valence-electron chi connectivity index (χ4n) is 9.62. The van der Waals surface area contributed by atoms with Crippen LogP contribution in [0.1, 0.15) is 0 Å². The fourth-order valence-corrected chi connectivity index (χ4v) is 11.0. The van der Waals surface area contributed by atoms with Crippen LogP contribution in [0.25, 0.3) is 119 Å². The molecule has 4 heteroatoms. The predicted molar refractivity (Wildman–Crippen MR) is 243 cm³/mol. The summed E-state index contributed by atoms with van der Waals surface area (Å²) in [6.45, 7) is 0. The van der Waals surface area contributed by atoms with Crippen molar-refractivity contribution >= 4 is 102 Å². The monoisotopic (exact) mass is 741 g/mol. The number of hydrogen-bond donors (Lipinski definition) is 0. The highest BCUT2D eigenvalue weighted by Crippen LogP contribution is 2.51. The van der Waals surface area contributed by atoms with Gasteiger partial charge in [-0.15, -0.1) is 11.3 Å².